The SMILES string of the molecule is C=CCn1c(SCC(=O)NC2CCCc3ccccc32)nnc1-c1ccoc1C. The Bertz CT molecular complexity index is 1020. The number of aryl methyl sites for hydroxylation is 2. The van der Waals surface area contributed by atoms with Crippen LogP contribution in [0.5, 0.6) is 0 Å². The van der Waals surface area contributed by atoms with Crippen molar-refractivity contribution in [3.63, 3.8) is 0 Å². The minimum absolute atomic E-state index is 0.00546. The van der Waals surface area contributed by atoms with Crippen molar-refractivity contribution in [2.45, 2.75) is 43.9 Å². The molecular weight excluding hydrogens is 384 g/mol. The number of fused-ring (bicyclic) bond motifs is 1. The molecule has 29 heavy (non-hydrogen) atoms. The van der Waals surface area contributed by atoms with Crippen LogP contribution in [0.3, 0.4) is 0 Å². The van der Waals surface area contributed by atoms with Crippen molar-refractivity contribution < 1.29 is 9.21 Å². The molecule has 1 unspecified atom stereocenters. The first-order chi connectivity index (χ1) is 14.2. The Morgan fingerprint density at radius 2 is 2.24 bits per heavy atom. The van der Waals surface area contributed by atoms with E-state index in [9.17, 15) is 4.79 Å². The van der Waals surface area contributed by atoms with Gasteiger partial charge in [0.25, 0.3) is 0 Å². The molecule has 0 bridgehead atoms. The zero-order chi connectivity index (χ0) is 20.2. The number of nitrogens with one attached hydrogen (secondary N) is 1. The minimum Gasteiger partial charge on any atom is -0.469 e. The first-order valence-electron chi connectivity index (χ1n) is 9.76. The van der Waals surface area contributed by atoms with E-state index in [-0.39, 0.29) is 17.7 Å². The summed E-state index contributed by atoms with van der Waals surface area (Å²) in [4.78, 5) is 12.6. The van der Waals surface area contributed by atoms with Crippen LogP contribution in [-0.4, -0.2) is 26.4 Å². The Kier molecular flexibility index (Phi) is 5.85. The number of carbonyl (C=O) groups is 1. The molecule has 0 saturated carbocycles. The van der Waals surface area contributed by atoms with E-state index in [4.69, 9.17) is 4.42 Å². The van der Waals surface area contributed by atoms with Crippen LogP contribution >= 0.6 is 11.8 Å². The Morgan fingerprint density at radius 1 is 1.38 bits per heavy atom. The molecule has 1 aromatic carbocycles. The van der Waals surface area contributed by atoms with Gasteiger partial charge in [0.1, 0.15) is 5.76 Å². The molecule has 1 amide bonds. The van der Waals surface area contributed by atoms with Gasteiger partial charge in [-0.15, -0.1) is 16.8 Å². The number of hydrogen-bond acceptors (Lipinski definition) is 5. The number of furan rings is 1. The van der Waals surface area contributed by atoms with Gasteiger partial charge in [-0.05, 0) is 43.4 Å². The van der Waals surface area contributed by atoms with Crippen molar-refractivity contribution in [1.82, 2.24) is 20.1 Å². The highest BCUT2D eigenvalue weighted by Gasteiger charge is 2.22. The van der Waals surface area contributed by atoms with Crippen LogP contribution in [0.15, 0.2) is 58.8 Å². The van der Waals surface area contributed by atoms with Gasteiger partial charge in [0.15, 0.2) is 11.0 Å². The standard InChI is InChI=1S/C22H24N4O2S/c1-3-12-26-21(17-11-13-28-15(17)2)24-25-22(26)29-14-20(27)23-19-10-6-8-16-7-4-5-9-18(16)19/h3-5,7,9,11,13,19H,1,6,8,10,12,14H2,2H3,(H,23,27). The lowest BCUT2D eigenvalue weighted by atomic mass is 9.88. The van der Waals surface area contributed by atoms with E-state index in [1.807, 2.05) is 23.6 Å². The third kappa shape index (κ3) is 4.15. The van der Waals surface area contributed by atoms with Gasteiger partial charge in [-0.2, -0.15) is 0 Å². The molecule has 0 aliphatic heterocycles. The molecule has 1 N–H and O–H groups in total. The number of nitrogens with zero attached hydrogens (tertiary/aromatic N) is 3. The van der Waals surface area contributed by atoms with Gasteiger partial charge in [0, 0.05) is 6.54 Å². The van der Waals surface area contributed by atoms with Gasteiger partial charge in [-0.1, -0.05) is 42.1 Å². The maximum Gasteiger partial charge on any atom is 0.230 e. The van der Waals surface area contributed by atoms with Gasteiger partial charge in [-0.25, -0.2) is 0 Å². The summed E-state index contributed by atoms with van der Waals surface area (Å²) < 4.78 is 7.35. The second kappa shape index (κ2) is 8.69. The molecule has 7 heteroatoms. The van der Waals surface area contributed by atoms with Crippen molar-refractivity contribution in [1.29, 1.82) is 0 Å². The highest BCUT2D eigenvalue weighted by molar-refractivity contribution is 7.99. The molecule has 4 rings (SSSR count). The Hall–Kier alpha value is -2.80. The van der Waals surface area contributed by atoms with Gasteiger partial charge in [0.2, 0.25) is 5.91 Å². The fourth-order valence-electron chi connectivity index (χ4n) is 3.78. The zero-order valence-corrected chi connectivity index (χ0v) is 17.2. The Morgan fingerprint density at radius 3 is 3.03 bits per heavy atom. The Labute approximate surface area is 174 Å². The molecule has 1 atom stereocenters. The van der Waals surface area contributed by atoms with Crippen molar-refractivity contribution in [2.75, 3.05) is 5.75 Å². The molecule has 2 heterocycles. The molecule has 3 aromatic rings. The number of hydrogen-bond donors (Lipinski definition) is 1. The third-order valence-electron chi connectivity index (χ3n) is 5.17. The fraction of sp³-hybridized carbons (Fsp3) is 0.318. The number of benzene rings is 1. The van der Waals surface area contributed by atoms with Crippen molar-refractivity contribution >= 4 is 17.7 Å². The molecule has 0 fully saturated rings. The lowest BCUT2D eigenvalue weighted by Crippen LogP contribution is -2.32. The summed E-state index contributed by atoms with van der Waals surface area (Å²) in [7, 11) is 0. The summed E-state index contributed by atoms with van der Waals surface area (Å²) >= 11 is 1.39. The molecule has 1 aliphatic carbocycles. The predicted molar refractivity (Wildman–Crippen MR) is 114 cm³/mol. The molecule has 0 saturated heterocycles. The number of rotatable bonds is 7. The second-order valence-corrected chi connectivity index (χ2v) is 8.04. The van der Waals surface area contributed by atoms with Crippen molar-refractivity contribution in [2.24, 2.45) is 0 Å². The fourth-order valence-corrected chi connectivity index (χ4v) is 4.53. The van der Waals surface area contributed by atoms with Crippen LogP contribution in [0.4, 0.5) is 0 Å². The molecule has 0 radical (unpaired) electrons. The van der Waals surface area contributed by atoms with Crippen molar-refractivity contribution in [3.05, 3.63) is 66.1 Å². The average molecular weight is 409 g/mol. The summed E-state index contributed by atoms with van der Waals surface area (Å²) in [6.07, 6.45) is 6.59. The van der Waals surface area contributed by atoms with Crippen LogP contribution in [0.2, 0.25) is 0 Å². The van der Waals surface area contributed by atoms with Gasteiger partial charge >= 0.3 is 0 Å². The van der Waals surface area contributed by atoms with E-state index < -0.39 is 0 Å². The topological polar surface area (TPSA) is 73.0 Å². The molecule has 150 valence electrons. The Balaban J connectivity index is 1.44. The summed E-state index contributed by atoms with van der Waals surface area (Å²) in [5.74, 6) is 1.80. The molecule has 0 spiro atoms. The quantitative estimate of drug-likeness (QED) is 0.466. The largest absolute Gasteiger partial charge is 0.469 e. The first-order valence-corrected chi connectivity index (χ1v) is 10.7. The molecule has 6 nitrogen and oxygen atoms in total. The monoisotopic (exact) mass is 408 g/mol. The van der Waals surface area contributed by atoms with E-state index in [0.29, 0.717) is 11.7 Å². The van der Waals surface area contributed by atoms with Crippen LogP contribution in [0, 0.1) is 6.92 Å². The van der Waals surface area contributed by atoms with Gasteiger partial charge < -0.3 is 9.73 Å². The summed E-state index contributed by atoms with van der Waals surface area (Å²) in [5, 5.41) is 12.5. The van der Waals surface area contributed by atoms with Crippen LogP contribution in [-0.2, 0) is 17.8 Å². The first kappa shape index (κ1) is 19.5. The molecule has 1 aliphatic rings. The predicted octanol–water partition coefficient (Wildman–Crippen LogP) is 4.32. The van der Waals surface area contributed by atoms with E-state index >= 15 is 0 Å². The smallest absolute Gasteiger partial charge is 0.230 e. The van der Waals surface area contributed by atoms with E-state index in [1.165, 1.54) is 22.9 Å². The number of aromatic nitrogens is 3. The van der Waals surface area contributed by atoms with Crippen molar-refractivity contribution in [3.8, 4) is 11.4 Å². The number of allylic oxidation sites excluding steroid dienone is 1. The third-order valence-corrected chi connectivity index (χ3v) is 6.13. The zero-order valence-electron chi connectivity index (χ0n) is 16.4. The summed E-state index contributed by atoms with van der Waals surface area (Å²) in [6.45, 7) is 6.28. The molecule has 2 aromatic heterocycles. The number of carbonyl (C=O) groups excluding carboxylic acids is 1. The highest BCUT2D eigenvalue weighted by atomic mass is 32.2. The minimum atomic E-state index is 0.00546. The van der Waals surface area contributed by atoms with E-state index in [1.54, 1.807) is 12.3 Å². The van der Waals surface area contributed by atoms with E-state index in [0.717, 1.165) is 36.4 Å². The number of amides is 1. The van der Waals surface area contributed by atoms with Crippen LogP contribution in [0.1, 0.15) is 35.8 Å². The van der Waals surface area contributed by atoms with Crippen LogP contribution in [0.25, 0.3) is 11.4 Å². The van der Waals surface area contributed by atoms with E-state index in [2.05, 4.69) is 40.3 Å². The van der Waals surface area contributed by atoms with Crippen LogP contribution < -0.4 is 5.32 Å². The maximum absolute atomic E-state index is 12.6. The normalized spacial score (nSPS) is 15.7. The lowest BCUT2D eigenvalue weighted by molar-refractivity contribution is -0.119. The summed E-state index contributed by atoms with van der Waals surface area (Å²) in [6, 6.07) is 10.3. The van der Waals surface area contributed by atoms with Gasteiger partial charge in [-0.3, -0.25) is 9.36 Å². The molecular formula is C22H24N4O2S. The lowest BCUT2D eigenvalue weighted by Gasteiger charge is -2.26. The summed E-state index contributed by atoms with van der Waals surface area (Å²) in [5.41, 5.74) is 3.47. The van der Waals surface area contributed by atoms with Gasteiger partial charge in [0.05, 0.1) is 23.6 Å². The maximum atomic E-state index is 12.6. The average Bonchev–Trinajstić information content (AvgIpc) is 3.32. The second-order valence-electron chi connectivity index (χ2n) is 7.10. The highest BCUT2D eigenvalue weighted by Crippen LogP contribution is 2.30. The number of thioether (sulfide) groups is 1.